The molecule has 40 heavy (non-hydrogen) atoms. The third kappa shape index (κ3) is 7.29. The number of thioether (sulfide) groups is 1. The van der Waals surface area contributed by atoms with Gasteiger partial charge in [-0.1, -0.05) is 29.8 Å². The molecule has 1 heterocycles. The van der Waals surface area contributed by atoms with Gasteiger partial charge in [0.1, 0.15) is 24.7 Å². The monoisotopic (exact) mass is 702 g/mol. The molecule has 3 aromatic rings. The first-order valence-corrected chi connectivity index (χ1v) is 13.7. The number of hydrogen-bond acceptors (Lipinski definition) is 6. The number of amides is 3. The largest absolute Gasteiger partial charge is 0.495 e. The van der Waals surface area contributed by atoms with Crippen LogP contribution < -0.4 is 14.8 Å². The molecule has 7 nitrogen and oxygen atoms in total. The first-order chi connectivity index (χ1) is 18.9. The van der Waals surface area contributed by atoms with Crippen molar-refractivity contribution in [1.82, 2.24) is 4.90 Å². The summed E-state index contributed by atoms with van der Waals surface area (Å²) in [6, 6.07) is 15.1. The first-order valence-electron chi connectivity index (χ1n) is 11.4. The molecule has 0 spiro atoms. The van der Waals surface area contributed by atoms with Crippen molar-refractivity contribution in [3.05, 3.63) is 90.9 Å². The molecule has 1 saturated heterocycles. The van der Waals surface area contributed by atoms with E-state index in [4.69, 9.17) is 21.1 Å². The van der Waals surface area contributed by atoms with Crippen LogP contribution in [0.3, 0.4) is 0 Å². The van der Waals surface area contributed by atoms with Crippen LogP contribution >= 0.6 is 46.0 Å². The Morgan fingerprint density at radius 2 is 1.77 bits per heavy atom. The Morgan fingerprint density at radius 3 is 2.42 bits per heavy atom. The minimum Gasteiger partial charge on any atom is -0.495 e. The zero-order valence-corrected chi connectivity index (χ0v) is 24.3. The number of anilines is 1. The summed E-state index contributed by atoms with van der Waals surface area (Å²) in [6.45, 7) is -0.351. The van der Waals surface area contributed by atoms with Gasteiger partial charge in [0, 0.05) is 5.02 Å². The van der Waals surface area contributed by atoms with Crippen LogP contribution in [0, 0.1) is 3.57 Å². The van der Waals surface area contributed by atoms with Crippen LogP contribution in [0.5, 0.6) is 11.5 Å². The number of carbonyl (C=O) groups excluding carboxylic acids is 3. The normalized spacial score (nSPS) is 14.6. The van der Waals surface area contributed by atoms with E-state index in [1.54, 1.807) is 30.3 Å². The number of carbonyl (C=O) groups is 3. The SMILES string of the molecule is COc1ccc(C(F)(F)F)cc1NC(=O)CN1C(=O)S/C(=C\c2ccc(OCc3ccc(Cl)cc3)c(I)c2)C1=O. The highest BCUT2D eigenvalue weighted by Crippen LogP contribution is 2.36. The summed E-state index contributed by atoms with van der Waals surface area (Å²) in [5, 5.41) is 2.23. The minimum atomic E-state index is -4.64. The summed E-state index contributed by atoms with van der Waals surface area (Å²) < 4.78 is 50.9. The molecule has 1 aliphatic rings. The standard InChI is InChI=1S/C27H19ClF3IN2O5S/c1-38-22-9-5-17(27(29,30)31)12-20(22)33-24(35)13-34-25(36)23(40-26(34)37)11-16-4-8-21(19(32)10-16)39-14-15-2-6-18(28)7-3-15/h2-12H,13-14H2,1H3,(H,33,35)/b23-11-. The van der Waals surface area contributed by atoms with Gasteiger partial charge in [-0.3, -0.25) is 19.3 Å². The Balaban J connectivity index is 1.42. The first kappa shape index (κ1) is 29.7. The average Bonchev–Trinajstić information content (AvgIpc) is 3.15. The van der Waals surface area contributed by atoms with Gasteiger partial charge in [0.05, 0.1) is 26.8 Å². The second-order valence-electron chi connectivity index (χ2n) is 8.33. The summed E-state index contributed by atoms with van der Waals surface area (Å²) in [7, 11) is 1.24. The molecule has 0 aromatic heterocycles. The van der Waals surface area contributed by atoms with Gasteiger partial charge in [0.15, 0.2) is 0 Å². The van der Waals surface area contributed by atoms with Crippen LogP contribution in [0.1, 0.15) is 16.7 Å². The zero-order valence-electron chi connectivity index (χ0n) is 20.6. The maximum absolute atomic E-state index is 13.1. The van der Waals surface area contributed by atoms with Crippen LogP contribution in [0.2, 0.25) is 5.02 Å². The van der Waals surface area contributed by atoms with Crippen molar-refractivity contribution in [1.29, 1.82) is 0 Å². The summed E-state index contributed by atoms with van der Waals surface area (Å²) >= 11 is 8.65. The maximum Gasteiger partial charge on any atom is 0.416 e. The molecule has 0 radical (unpaired) electrons. The van der Waals surface area contributed by atoms with Gasteiger partial charge in [0.25, 0.3) is 11.1 Å². The number of imide groups is 1. The van der Waals surface area contributed by atoms with Crippen molar-refractivity contribution in [2.24, 2.45) is 0 Å². The van der Waals surface area contributed by atoms with Gasteiger partial charge in [-0.15, -0.1) is 0 Å². The quantitative estimate of drug-likeness (QED) is 0.197. The van der Waals surface area contributed by atoms with Crippen molar-refractivity contribution in [3.8, 4) is 11.5 Å². The molecule has 1 fully saturated rings. The van der Waals surface area contributed by atoms with Gasteiger partial charge in [-0.2, -0.15) is 13.2 Å². The molecule has 3 amide bonds. The van der Waals surface area contributed by atoms with Crippen LogP contribution in [-0.2, 0) is 22.4 Å². The Hall–Kier alpha value is -3.23. The fourth-order valence-electron chi connectivity index (χ4n) is 3.57. The average molecular weight is 703 g/mol. The smallest absolute Gasteiger partial charge is 0.416 e. The van der Waals surface area contributed by atoms with Gasteiger partial charge in [-0.05, 0) is 94.0 Å². The lowest BCUT2D eigenvalue weighted by molar-refractivity contribution is -0.137. The highest BCUT2D eigenvalue weighted by Gasteiger charge is 2.37. The second-order valence-corrected chi connectivity index (χ2v) is 10.9. The molecular weight excluding hydrogens is 684 g/mol. The Kier molecular flexibility index (Phi) is 9.31. The Labute approximate surface area is 249 Å². The Bertz CT molecular complexity index is 1500. The number of halogens is 5. The zero-order chi connectivity index (χ0) is 29.0. The third-order valence-corrected chi connectivity index (χ3v) is 7.54. The molecule has 0 unspecified atom stereocenters. The molecule has 1 aliphatic heterocycles. The second kappa shape index (κ2) is 12.5. The molecule has 0 bridgehead atoms. The molecule has 0 saturated carbocycles. The summed E-state index contributed by atoms with van der Waals surface area (Å²) in [5.41, 5.74) is 0.340. The number of alkyl halides is 3. The van der Waals surface area contributed by atoms with Crippen LogP contribution in [0.25, 0.3) is 6.08 Å². The van der Waals surface area contributed by atoms with Gasteiger partial charge in [-0.25, -0.2) is 0 Å². The van der Waals surface area contributed by atoms with Crippen LogP contribution in [-0.4, -0.2) is 35.6 Å². The van der Waals surface area contributed by atoms with Gasteiger partial charge in [0.2, 0.25) is 5.91 Å². The lowest BCUT2D eigenvalue weighted by Gasteiger charge is -2.16. The number of benzene rings is 3. The van der Waals surface area contributed by atoms with E-state index >= 15 is 0 Å². The number of hydrogen-bond donors (Lipinski definition) is 1. The third-order valence-electron chi connectivity index (χ3n) is 5.54. The van der Waals surface area contributed by atoms with E-state index in [1.165, 1.54) is 13.2 Å². The Morgan fingerprint density at radius 1 is 1.07 bits per heavy atom. The van der Waals surface area contributed by atoms with Gasteiger partial charge < -0.3 is 14.8 Å². The topological polar surface area (TPSA) is 84.9 Å². The van der Waals surface area contributed by atoms with E-state index < -0.39 is 35.3 Å². The molecule has 4 rings (SSSR count). The molecule has 0 aliphatic carbocycles. The highest BCUT2D eigenvalue weighted by atomic mass is 127. The summed E-state index contributed by atoms with van der Waals surface area (Å²) in [4.78, 5) is 38.8. The number of rotatable bonds is 8. The molecule has 3 aromatic carbocycles. The lowest BCUT2D eigenvalue weighted by atomic mass is 10.1. The molecule has 13 heteroatoms. The summed E-state index contributed by atoms with van der Waals surface area (Å²) in [5.74, 6) is -0.940. The summed E-state index contributed by atoms with van der Waals surface area (Å²) in [6.07, 6.45) is -3.12. The number of nitrogens with zero attached hydrogens (tertiary/aromatic N) is 1. The van der Waals surface area contributed by atoms with E-state index in [-0.39, 0.29) is 16.3 Å². The molecular formula is C27H19ClF3IN2O5S. The lowest BCUT2D eigenvalue weighted by Crippen LogP contribution is -2.36. The van der Waals surface area contributed by atoms with Crippen molar-refractivity contribution >= 4 is 74.8 Å². The van der Waals surface area contributed by atoms with E-state index in [0.717, 1.165) is 32.2 Å². The van der Waals surface area contributed by atoms with Gasteiger partial charge >= 0.3 is 6.18 Å². The molecule has 0 atom stereocenters. The number of ether oxygens (including phenoxy) is 2. The highest BCUT2D eigenvalue weighted by molar-refractivity contribution is 14.1. The van der Waals surface area contributed by atoms with Crippen molar-refractivity contribution in [2.45, 2.75) is 12.8 Å². The molecule has 208 valence electrons. The van der Waals surface area contributed by atoms with Crippen molar-refractivity contribution < 1.29 is 37.0 Å². The van der Waals surface area contributed by atoms with Crippen molar-refractivity contribution in [2.75, 3.05) is 19.0 Å². The minimum absolute atomic E-state index is 0.00872. The number of methoxy groups -OCH3 is 1. The molecule has 1 N–H and O–H groups in total. The fraction of sp³-hybridized carbons (Fsp3) is 0.148. The maximum atomic E-state index is 13.1. The van der Waals surface area contributed by atoms with Crippen molar-refractivity contribution in [3.63, 3.8) is 0 Å². The van der Waals surface area contributed by atoms with Crippen LogP contribution in [0.15, 0.2) is 65.6 Å². The van der Waals surface area contributed by atoms with E-state index in [0.29, 0.717) is 34.7 Å². The predicted molar refractivity (Wildman–Crippen MR) is 154 cm³/mol. The predicted octanol–water partition coefficient (Wildman–Crippen LogP) is 7.23. The van der Waals surface area contributed by atoms with Crippen LogP contribution in [0.4, 0.5) is 23.7 Å². The van der Waals surface area contributed by atoms with E-state index in [1.807, 2.05) is 12.1 Å². The van der Waals surface area contributed by atoms with E-state index in [9.17, 15) is 27.6 Å². The number of nitrogens with one attached hydrogen (secondary N) is 1. The van der Waals surface area contributed by atoms with E-state index in [2.05, 4.69) is 27.9 Å². The fourth-order valence-corrected chi connectivity index (χ4v) is 5.23.